The van der Waals surface area contributed by atoms with Gasteiger partial charge in [-0.15, -0.1) is 0 Å². The van der Waals surface area contributed by atoms with E-state index in [-0.39, 0.29) is 0 Å². The Morgan fingerprint density at radius 1 is 1.30 bits per heavy atom. The Bertz CT molecular complexity index is 1200. The van der Waals surface area contributed by atoms with Gasteiger partial charge in [-0.2, -0.15) is 5.26 Å². The molecule has 0 amide bonds. The number of H-pyrrole nitrogens is 1. The predicted octanol–water partition coefficient (Wildman–Crippen LogP) is 3.98. The summed E-state index contributed by atoms with van der Waals surface area (Å²) >= 11 is 0. The average molecular weight is 360 g/mol. The lowest BCUT2D eigenvalue weighted by Crippen LogP contribution is -2.39. The molecular formula is C21H20N4O2. The number of hydrogen-bond acceptors (Lipinski definition) is 5. The molecule has 0 aliphatic carbocycles. The summed E-state index contributed by atoms with van der Waals surface area (Å²) in [6.45, 7) is 4.06. The summed E-state index contributed by atoms with van der Waals surface area (Å²) in [5.41, 5.74) is 4.21. The Kier molecular flexibility index (Phi) is 3.90. The SMILES string of the molecule is CNC(C)(c1nc2cc(C#N)ccc2o1)c1c(OC)cc(C)c2[nH]ccc12. The second kappa shape index (κ2) is 6.15. The molecule has 2 aromatic carbocycles. The van der Waals surface area contributed by atoms with Crippen LogP contribution in [0, 0.1) is 18.3 Å². The fourth-order valence-corrected chi connectivity index (χ4v) is 3.60. The zero-order chi connectivity index (χ0) is 19.2. The first-order chi connectivity index (χ1) is 13.0. The second-order valence-electron chi connectivity index (χ2n) is 6.73. The minimum Gasteiger partial charge on any atom is -0.496 e. The van der Waals surface area contributed by atoms with E-state index in [2.05, 4.69) is 21.4 Å². The molecule has 0 aliphatic rings. The highest BCUT2D eigenvalue weighted by atomic mass is 16.5. The van der Waals surface area contributed by atoms with Crippen molar-refractivity contribution in [2.24, 2.45) is 0 Å². The van der Waals surface area contributed by atoms with Crippen molar-refractivity contribution in [1.29, 1.82) is 5.26 Å². The van der Waals surface area contributed by atoms with Gasteiger partial charge < -0.3 is 19.5 Å². The molecule has 0 radical (unpaired) electrons. The molecule has 0 saturated carbocycles. The molecule has 136 valence electrons. The van der Waals surface area contributed by atoms with Crippen LogP contribution in [0.25, 0.3) is 22.0 Å². The van der Waals surface area contributed by atoms with Crippen LogP contribution in [0.5, 0.6) is 5.75 Å². The first-order valence-corrected chi connectivity index (χ1v) is 8.67. The molecule has 1 atom stereocenters. The van der Waals surface area contributed by atoms with Gasteiger partial charge in [-0.05, 0) is 56.8 Å². The Balaban J connectivity index is 2.01. The molecule has 6 heteroatoms. The van der Waals surface area contributed by atoms with Crippen LogP contribution < -0.4 is 10.1 Å². The molecule has 0 bridgehead atoms. The van der Waals surface area contributed by atoms with Gasteiger partial charge in [0.2, 0.25) is 5.89 Å². The maximum Gasteiger partial charge on any atom is 0.220 e. The van der Waals surface area contributed by atoms with E-state index in [9.17, 15) is 0 Å². The van der Waals surface area contributed by atoms with Crippen LogP contribution >= 0.6 is 0 Å². The Labute approximate surface area is 156 Å². The molecule has 1 unspecified atom stereocenters. The van der Waals surface area contributed by atoms with Gasteiger partial charge >= 0.3 is 0 Å². The summed E-state index contributed by atoms with van der Waals surface area (Å²) in [5, 5.41) is 13.5. The molecule has 0 saturated heterocycles. The molecule has 4 aromatic rings. The Morgan fingerprint density at radius 3 is 2.81 bits per heavy atom. The molecule has 4 rings (SSSR count). The third-order valence-corrected chi connectivity index (χ3v) is 5.17. The normalized spacial score (nSPS) is 13.6. The summed E-state index contributed by atoms with van der Waals surface area (Å²) in [4.78, 5) is 7.98. The summed E-state index contributed by atoms with van der Waals surface area (Å²) in [6, 6.07) is 11.4. The van der Waals surface area contributed by atoms with Gasteiger partial charge in [-0.25, -0.2) is 4.98 Å². The number of nitrogens with one attached hydrogen (secondary N) is 2. The summed E-state index contributed by atoms with van der Waals surface area (Å²) < 4.78 is 11.8. The molecule has 27 heavy (non-hydrogen) atoms. The van der Waals surface area contributed by atoms with Gasteiger partial charge in [0.25, 0.3) is 0 Å². The number of rotatable bonds is 4. The third-order valence-electron chi connectivity index (χ3n) is 5.17. The van der Waals surface area contributed by atoms with Crippen LogP contribution in [0.2, 0.25) is 0 Å². The predicted molar refractivity (Wildman–Crippen MR) is 104 cm³/mol. The zero-order valence-electron chi connectivity index (χ0n) is 15.7. The summed E-state index contributed by atoms with van der Waals surface area (Å²) in [5.74, 6) is 1.27. The van der Waals surface area contributed by atoms with Gasteiger partial charge in [-0.1, -0.05) is 0 Å². The lowest BCUT2D eigenvalue weighted by molar-refractivity contribution is 0.343. The van der Waals surface area contributed by atoms with E-state index in [0.29, 0.717) is 22.6 Å². The smallest absolute Gasteiger partial charge is 0.220 e. The van der Waals surface area contributed by atoms with Crippen LogP contribution in [-0.4, -0.2) is 24.1 Å². The van der Waals surface area contributed by atoms with Gasteiger partial charge in [0.05, 0.1) is 18.7 Å². The highest BCUT2D eigenvalue weighted by Gasteiger charge is 2.37. The van der Waals surface area contributed by atoms with Crippen molar-refractivity contribution in [2.45, 2.75) is 19.4 Å². The van der Waals surface area contributed by atoms with Gasteiger partial charge in [0.15, 0.2) is 5.58 Å². The lowest BCUT2D eigenvalue weighted by atomic mass is 9.87. The molecule has 6 nitrogen and oxygen atoms in total. The maximum atomic E-state index is 9.14. The van der Waals surface area contributed by atoms with Crippen molar-refractivity contribution in [3.63, 3.8) is 0 Å². The van der Waals surface area contributed by atoms with E-state index in [1.165, 1.54) is 0 Å². The maximum absolute atomic E-state index is 9.14. The van der Waals surface area contributed by atoms with E-state index >= 15 is 0 Å². The number of fused-ring (bicyclic) bond motifs is 2. The first kappa shape index (κ1) is 17.1. The van der Waals surface area contributed by atoms with Gasteiger partial charge in [0, 0.05) is 22.7 Å². The Morgan fingerprint density at radius 2 is 2.11 bits per heavy atom. The van der Waals surface area contributed by atoms with Crippen LogP contribution in [0.4, 0.5) is 0 Å². The number of nitriles is 1. The monoisotopic (exact) mass is 360 g/mol. The number of methoxy groups -OCH3 is 1. The Hall–Kier alpha value is -3.30. The summed E-state index contributed by atoms with van der Waals surface area (Å²) in [7, 11) is 3.53. The van der Waals surface area contributed by atoms with Crippen LogP contribution in [-0.2, 0) is 5.54 Å². The minimum absolute atomic E-state index is 0.514. The zero-order valence-corrected chi connectivity index (χ0v) is 15.7. The quantitative estimate of drug-likeness (QED) is 0.575. The number of aryl methyl sites for hydroxylation is 1. The largest absolute Gasteiger partial charge is 0.496 e. The van der Waals surface area contributed by atoms with E-state index in [1.54, 1.807) is 25.3 Å². The molecule has 0 aliphatic heterocycles. The van der Waals surface area contributed by atoms with Crippen molar-refractivity contribution in [3.8, 4) is 11.8 Å². The number of ether oxygens (including phenoxy) is 1. The van der Waals surface area contributed by atoms with Crippen molar-refractivity contribution in [2.75, 3.05) is 14.2 Å². The van der Waals surface area contributed by atoms with Crippen molar-refractivity contribution < 1.29 is 9.15 Å². The number of aromatic nitrogens is 2. The topological polar surface area (TPSA) is 86.9 Å². The molecule has 2 N–H and O–H groups in total. The minimum atomic E-state index is -0.731. The van der Waals surface area contributed by atoms with E-state index < -0.39 is 5.54 Å². The highest BCUT2D eigenvalue weighted by Crippen LogP contribution is 2.41. The number of aromatic amines is 1. The first-order valence-electron chi connectivity index (χ1n) is 8.67. The van der Waals surface area contributed by atoms with Crippen molar-refractivity contribution in [1.82, 2.24) is 15.3 Å². The average Bonchev–Trinajstić information content (AvgIpc) is 3.33. The fourth-order valence-electron chi connectivity index (χ4n) is 3.60. The van der Waals surface area contributed by atoms with Gasteiger partial charge in [-0.3, -0.25) is 0 Å². The number of benzene rings is 2. The lowest BCUT2D eigenvalue weighted by Gasteiger charge is -2.29. The van der Waals surface area contributed by atoms with Crippen LogP contribution in [0.1, 0.15) is 29.5 Å². The van der Waals surface area contributed by atoms with Crippen LogP contribution in [0.3, 0.4) is 0 Å². The molecule has 0 spiro atoms. The standard InChI is InChI=1S/C21H20N4O2/c1-12-9-17(26-4)18(14-7-8-24-19(12)14)21(2,23-3)20-25-15-10-13(11-22)5-6-16(15)27-20/h5-10,23-24H,1-4H3. The van der Waals surface area contributed by atoms with Crippen molar-refractivity contribution >= 4 is 22.0 Å². The summed E-state index contributed by atoms with van der Waals surface area (Å²) in [6.07, 6.45) is 1.92. The third kappa shape index (κ3) is 2.47. The highest BCUT2D eigenvalue weighted by molar-refractivity contribution is 5.89. The second-order valence-corrected chi connectivity index (χ2v) is 6.73. The van der Waals surface area contributed by atoms with Gasteiger partial charge in [0.1, 0.15) is 16.8 Å². The number of oxazole rings is 1. The molecule has 2 heterocycles. The van der Waals surface area contributed by atoms with Crippen LogP contribution in [0.15, 0.2) is 40.9 Å². The fraction of sp³-hybridized carbons (Fsp3) is 0.238. The van der Waals surface area contributed by atoms with Crippen molar-refractivity contribution in [3.05, 3.63) is 59.1 Å². The van der Waals surface area contributed by atoms with E-state index in [0.717, 1.165) is 27.8 Å². The number of nitrogens with zero attached hydrogens (tertiary/aromatic N) is 2. The molecule has 0 fully saturated rings. The van der Waals surface area contributed by atoms with E-state index in [1.807, 2.05) is 39.2 Å². The van der Waals surface area contributed by atoms with E-state index in [4.69, 9.17) is 14.4 Å². The molecular weight excluding hydrogens is 340 g/mol. The molecule has 2 aromatic heterocycles. The number of hydrogen-bond donors (Lipinski definition) is 2.